The minimum atomic E-state index is 0.00195. The molecule has 1 aromatic rings. The van der Waals surface area contributed by atoms with Crippen LogP contribution in [0.1, 0.15) is 38.1 Å². The van der Waals surface area contributed by atoms with Gasteiger partial charge in [-0.05, 0) is 39.1 Å². The lowest BCUT2D eigenvalue weighted by atomic mass is 10.1. The molecule has 3 nitrogen and oxygen atoms in total. The summed E-state index contributed by atoms with van der Waals surface area (Å²) in [4.78, 5) is 14.4. The van der Waals surface area contributed by atoms with Crippen molar-refractivity contribution in [3.05, 3.63) is 35.9 Å². The van der Waals surface area contributed by atoms with Gasteiger partial charge in [0.25, 0.3) is 5.91 Å². The van der Waals surface area contributed by atoms with Crippen molar-refractivity contribution in [2.45, 2.75) is 39.8 Å². The van der Waals surface area contributed by atoms with Crippen molar-refractivity contribution in [2.75, 3.05) is 13.1 Å². The van der Waals surface area contributed by atoms with Crippen molar-refractivity contribution >= 4 is 5.91 Å². The first-order chi connectivity index (χ1) is 8.60. The van der Waals surface area contributed by atoms with E-state index in [-0.39, 0.29) is 11.9 Å². The summed E-state index contributed by atoms with van der Waals surface area (Å²) >= 11 is 0. The van der Waals surface area contributed by atoms with Crippen LogP contribution in [0.25, 0.3) is 0 Å². The lowest BCUT2D eigenvalue weighted by Gasteiger charge is -2.31. The Hall–Kier alpha value is -1.35. The maximum atomic E-state index is 12.0. The average molecular weight is 248 g/mol. The largest absolute Gasteiger partial charge is 0.348 e. The summed E-state index contributed by atoms with van der Waals surface area (Å²) < 4.78 is 0. The Morgan fingerprint density at radius 2 is 1.72 bits per heavy atom. The fraction of sp³-hybridized carbons (Fsp3) is 0.533. The number of benzene rings is 1. The highest BCUT2D eigenvalue weighted by molar-refractivity contribution is 5.94. The van der Waals surface area contributed by atoms with Crippen LogP contribution in [0.3, 0.4) is 0 Å². The van der Waals surface area contributed by atoms with E-state index >= 15 is 0 Å². The molecular formula is C15H24N2O. The van der Waals surface area contributed by atoms with Crippen molar-refractivity contribution in [1.29, 1.82) is 0 Å². The van der Waals surface area contributed by atoms with Crippen molar-refractivity contribution in [3.8, 4) is 0 Å². The van der Waals surface area contributed by atoms with Gasteiger partial charge in [0.2, 0.25) is 0 Å². The van der Waals surface area contributed by atoms with Crippen LogP contribution < -0.4 is 5.32 Å². The molecule has 0 aliphatic heterocycles. The maximum Gasteiger partial charge on any atom is 0.251 e. The number of hydrogen-bond acceptors (Lipinski definition) is 2. The van der Waals surface area contributed by atoms with Gasteiger partial charge in [0.05, 0.1) is 0 Å². The molecule has 0 saturated heterocycles. The predicted octanol–water partition coefficient (Wildman–Crippen LogP) is 2.54. The highest BCUT2D eigenvalue weighted by Gasteiger charge is 2.19. The third-order valence-electron chi connectivity index (χ3n) is 3.51. The third-order valence-corrected chi connectivity index (χ3v) is 3.51. The number of nitrogens with one attached hydrogen (secondary N) is 1. The summed E-state index contributed by atoms with van der Waals surface area (Å²) in [6, 6.07) is 9.83. The summed E-state index contributed by atoms with van der Waals surface area (Å²) in [6.07, 6.45) is 0. The van der Waals surface area contributed by atoms with Gasteiger partial charge in [-0.25, -0.2) is 0 Å². The van der Waals surface area contributed by atoms with E-state index < -0.39 is 0 Å². The van der Waals surface area contributed by atoms with Gasteiger partial charge in [-0.1, -0.05) is 32.0 Å². The monoisotopic (exact) mass is 248 g/mol. The fourth-order valence-electron chi connectivity index (χ4n) is 2.12. The number of nitrogens with zero attached hydrogens (tertiary/aromatic N) is 1. The highest BCUT2D eigenvalue weighted by Crippen LogP contribution is 2.05. The highest BCUT2D eigenvalue weighted by atomic mass is 16.1. The second-order valence-electron chi connectivity index (χ2n) is 4.59. The summed E-state index contributed by atoms with van der Waals surface area (Å²) in [5.41, 5.74) is 0.719. The van der Waals surface area contributed by atoms with Crippen LogP contribution in [-0.2, 0) is 0 Å². The molecule has 1 amide bonds. The first kappa shape index (κ1) is 14.7. The van der Waals surface area contributed by atoms with E-state index in [1.54, 1.807) is 0 Å². The summed E-state index contributed by atoms with van der Waals surface area (Å²) in [5.74, 6) is 0.00195. The number of carbonyl (C=O) groups is 1. The van der Waals surface area contributed by atoms with Crippen molar-refractivity contribution in [2.24, 2.45) is 0 Å². The molecule has 0 bridgehead atoms. The van der Waals surface area contributed by atoms with Crippen LogP contribution in [0.15, 0.2) is 30.3 Å². The molecule has 100 valence electrons. The first-order valence-electron chi connectivity index (χ1n) is 6.70. The van der Waals surface area contributed by atoms with E-state index in [1.807, 2.05) is 30.3 Å². The predicted molar refractivity (Wildman–Crippen MR) is 75.8 cm³/mol. The molecule has 0 aliphatic carbocycles. The molecule has 1 aromatic carbocycles. The van der Waals surface area contributed by atoms with Gasteiger partial charge in [0, 0.05) is 17.6 Å². The Morgan fingerprint density at radius 3 is 2.22 bits per heavy atom. The van der Waals surface area contributed by atoms with Gasteiger partial charge in [-0.15, -0.1) is 0 Å². The molecule has 0 aromatic heterocycles. The van der Waals surface area contributed by atoms with Crippen LogP contribution in [0.2, 0.25) is 0 Å². The van der Waals surface area contributed by atoms with Crippen LogP contribution in [0, 0.1) is 0 Å². The van der Waals surface area contributed by atoms with Gasteiger partial charge in [0.1, 0.15) is 0 Å². The maximum absolute atomic E-state index is 12.0. The molecule has 0 fully saturated rings. The van der Waals surface area contributed by atoms with Gasteiger partial charge in [0.15, 0.2) is 0 Å². The Balaban J connectivity index is 2.59. The number of likely N-dealkylation sites (N-methyl/N-ethyl adjacent to an activating group) is 1. The molecule has 0 spiro atoms. The molecule has 0 heterocycles. The van der Waals surface area contributed by atoms with Gasteiger partial charge in [-0.3, -0.25) is 9.69 Å². The van der Waals surface area contributed by atoms with Crippen LogP contribution in [0.4, 0.5) is 0 Å². The molecule has 1 N–H and O–H groups in total. The topological polar surface area (TPSA) is 32.3 Å². The fourth-order valence-corrected chi connectivity index (χ4v) is 2.12. The van der Waals surface area contributed by atoms with E-state index in [0.717, 1.165) is 18.7 Å². The van der Waals surface area contributed by atoms with E-state index in [9.17, 15) is 4.79 Å². The molecule has 18 heavy (non-hydrogen) atoms. The third kappa shape index (κ3) is 3.84. The van der Waals surface area contributed by atoms with E-state index in [0.29, 0.717) is 6.04 Å². The quantitative estimate of drug-likeness (QED) is 0.839. The van der Waals surface area contributed by atoms with Gasteiger partial charge in [-0.2, -0.15) is 0 Å². The minimum absolute atomic E-state index is 0.00195. The lowest BCUT2D eigenvalue weighted by Crippen LogP contribution is -2.48. The Bertz CT molecular complexity index is 360. The second kappa shape index (κ2) is 7.17. The zero-order chi connectivity index (χ0) is 13.5. The van der Waals surface area contributed by atoms with Crippen molar-refractivity contribution in [3.63, 3.8) is 0 Å². The zero-order valence-electron chi connectivity index (χ0n) is 11.8. The molecule has 1 rings (SSSR count). The Kier molecular flexibility index (Phi) is 5.86. The van der Waals surface area contributed by atoms with Crippen LogP contribution in [0.5, 0.6) is 0 Å². The second-order valence-corrected chi connectivity index (χ2v) is 4.59. The van der Waals surface area contributed by atoms with Gasteiger partial charge >= 0.3 is 0 Å². The smallest absolute Gasteiger partial charge is 0.251 e. The number of amides is 1. The molecule has 3 heteroatoms. The minimum Gasteiger partial charge on any atom is -0.348 e. The van der Waals surface area contributed by atoms with E-state index in [1.165, 1.54) is 0 Å². The summed E-state index contributed by atoms with van der Waals surface area (Å²) in [5, 5.41) is 3.06. The average Bonchev–Trinajstić information content (AvgIpc) is 2.40. The molecule has 2 atom stereocenters. The number of hydrogen-bond donors (Lipinski definition) is 1. The normalized spacial score (nSPS) is 14.3. The molecular weight excluding hydrogens is 224 g/mol. The molecule has 0 aliphatic rings. The zero-order valence-corrected chi connectivity index (χ0v) is 11.8. The lowest BCUT2D eigenvalue weighted by molar-refractivity contribution is 0.0907. The van der Waals surface area contributed by atoms with Crippen molar-refractivity contribution in [1.82, 2.24) is 10.2 Å². The molecule has 2 unspecified atom stereocenters. The van der Waals surface area contributed by atoms with Crippen LogP contribution >= 0.6 is 0 Å². The summed E-state index contributed by atoms with van der Waals surface area (Å²) in [7, 11) is 0. The van der Waals surface area contributed by atoms with E-state index in [4.69, 9.17) is 0 Å². The molecule has 0 radical (unpaired) electrons. The van der Waals surface area contributed by atoms with Crippen LogP contribution in [-0.4, -0.2) is 36.0 Å². The first-order valence-corrected chi connectivity index (χ1v) is 6.70. The number of carbonyl (C=O) groups excluding carboxylic acids is 1. The van der Waals surface area contributed by atoms with Gasteiger partial charge < -0.3 is 5.32 Å². The molecule has 0 saturated carbocycles. The Labute approximate surface area is 110 Å². The standard InChI is InChI=1S/C15H24N2O/c1-5-17(6-2)13(4)12(3)16-15(18)14-10-8-7-9-11-14/h7-13H,5-6H2,1-4H3,(H,16,18). The van der Waals surface area contributed by atoms with Crippen molar-refractivity contribution < 1.29 is 4.79 Å². The number of rotatable bonds is 6. The summed E-state index contributed by atoms with van der Waals surface area (Å²) in [6.45, 7) is 10.5. The SMILES string of the molecule is CCN(CC)C(C)C(C)NC(=O)c1ccccc1. The Morgan fingerprint density at radius 1 is 1.17 bits per heavy atom. The van der Waals surface area contributed by atoms with E-state index in [2.05, 4.69) is 37.9 Å².